The van der Waals surface area contributed by atoms with Crippen molar-refractivity contribution >= 4 is 51.6 Å². The van der Waals surface area contributed by atoms with Gasteiger partial charge in [0.05, 0.1) is 59.9 Å². The van der Waals surface area contributed by atoms with Crippen LogP contribution >= 0.6 is 0 Å². The fourth-order valence-corrected chi connectivity index (χ4v) is 11.5. The van der Waals surface area contributed by atoms with Gasteiger partial charge in [0.2, 0.25) is 11.8 Å². The number of amides is 3. The van der Waals surface area contributed by atoms with Gasteiger partial charge < -0.3 is 19.9 Å². The summed E-state index contributed by atoms with van der Waals surface area (Å²) in [6.45, 7) is 2.91. The highest BCUT2D eigenvalue weighted by atomic mass is 19.3. The van der Waals surface area contributed by atoms with Crippen LogP contribution in [0, 0.1) is 17.8 Å². The van der Waals surface area contributed by atoms with E-state index in [9.17, 15) is 28.0 Å². The van der Waals surface area contributed by atoms with E-state index in [0.29, 0.717) is 81.1 Å². The molecule has 5 saturated heterocycles. The molecule has 3 amide bonds. The molecule has 5 aliphatic heterocycles. The smallest absolute Gasteiger partial charge is 0.329 e. The molecule has 344 valence electrons. The van der Waals surface area contributed by atoms with Gasteiger partial charge in [-0.05, 0) is 75.6 Å². The van der Waals surface area contributed by atoms with Gasteiger partial charge in [0, 0.05) is 63.9 Å². The summed E-state index contributed by atoms with van der Waals surface area (Å²) in [5, 5.41) is 13.5. The lowest BCUT2D eigenvalue weighted by atomic mass is 9.76. The number of imide groups is 1. The van der Waals surface area contributed by atoms with Crippen molar-refractivity contribution in [3.05, 3.63) is 64.6 Å². The summed E-state index contributed by atoms with van der Waals surface area (Å²) in [4.78, 5) is 62.2. The van der Waals surface area contributed by atoms with E-state index < -0.39 is 41.8 Å². The number of nitrogens with one attached hydrogen (secondary N) is 2. The van der Waals surface area contributed by atoms with Crippen molar-refractivity contribution in [3.63, 3.8) is 0 Å². The monoisotopic (exact) mass is 902 g/mol. The summed E-state index contributed by atoms with van der Waals surface area (Å²) >= 11 is 0. The Balaban J connectivity index is 0.691. The fourth-order valence-electron chi connectivity index (χ4n) is 11.5. The van der Waals surface area contributed by atoms with Crippen LogP contribution in [0.3, 0.4) is 0 Å². The highest BCUT2D eigenvalue weighted by Gasteiger charge is 2.51. The zero-order chi connectivity index (χ0) is 44.9. The minimum absolute atomic E-state index is 0.0807. The molecule has 9 heterocycles. The minimum Gasteiger partial charge on any atom is -0.374 e. The molecule has 4 atom stereocenters. The van der Waals surface area contributed by atoms with E-state index in [1.54, 1.807) is 25.4 Å². The molecule has 21 heteroatoms. The fraction of sp³-hybridized carbons (Fsp3) is 0.568. The van der Waals surface area contributed by atoms with Crippen molar-refractivity contribution in [2.24, 2.45) is 24.8 Å². The molecule has 4 aromatic heterocycles. The maximum atomic E-state index is 16.0. The molecule has 1 aliphatic carbocycles. The van der Waals surface area contributed by atoms with E-state index in [-0.39, 0.29) is 72.3 Å². The minimum atomic E-state index is -2.93. The predicted octanol–water partition coefficient (Wildman–Crippen LogP) is 4.55. The highest BCUT2D eigenvalue weighted by molar-refractivity contribution is 6.08. The zero-order valence-corrected chi connectivity index (χ0v) is 35.8. The van der Waals surface area contributed by atoms with Crippen LogP contribution in [0.15, 0.2) is 47.7 Å². The number of para-hydroxylation sites is 1. The number of anilines is 3. The summed E-state index contributed by atoms with van der Waals surface area (Å²) in [6, 6.07) is 6.48. The maximum absolute atomic E-state index is 16.0. The van der Waals surface area contributed by atoms with Gasteiger partial charge >= 0.3 is 5.69 Å². The number of aryl methyl sites for hydroxylation is 1. The second kappa shape index (κ2) is 16.0. The molecular formula is C44H50F4N12O5. The van der Waals surface area contributed by atoms with E-state index in [1.165, 1.54) is 30.7 Å². The molecule has 2 bridgehead atoms. The van der Waals surface area contributed by atoms with Gasteiger partial charge in [0.15, 0.2) is 11.3 Å². The summed E-state index contributed by atoms with van der Waals surface area (Å²) in [5.41, 5.74) is 1.41. The Bertz CT molecular complexity index is 2750. The normalized spacial score (nSPS) is 27.3. The number of hydrogen-bond donors (Lipinski definition) is 2. The van der Waals surface area contributed by atoms with Crippen molar-refractivity contribution in [3.8, 4) is 0 Å². The Morgan fingerprint density at radius 2 is 1.85 bits per heavy atom. The van der Waals surface area contributed by atoms with Crippen molar-refractivity contribution in [2.45, 2.75) is 87.9 Å². The quantitative estimate of drug-likeness (QED) is 0.149. The van der Waals surface area contributed by atoms with E-state index in [0.717, 1.165) is 24.9 Å². The van der Waals surface area contributed by atoms with Crippen molar-refractivity contribution in [1.29, 1.82) is 0 Å². The molecule has 2 unspecified atom stereocenters. The summed E-state index contributed by atoms with van der Waals surface area (Å²) in [6.07, 6.45) is 6.11. The van der Waals surface area contributed by atoms with Crippen LogP contribution in [-0.2, 0) is 21.4 Å². The summed E-state index contributed by atoms with van der Waals surface area (Å²) in [7, 11) is 1.63. The lowest BCUT2D eigenvalue weighted by Gasteiger charge is -2.50. The summed E-state index contributed by atoms with van der Waals surface area (Å²) < 4.78 is 72.3. The van der Waals surface area contributed by atoms with Crippen molar-refractivity contribution < 1.29 is 36.7 Å². The molecular weight excluding hydrogens is 853 g/mol. The third-order valence-corrected chi connectivity index (χ3v) is 14.9. The zero-order valence-electron chi connectivity index (χ0n) is 35.8. The van der Waals surface area contributed by atoms with Crippen LogP contribution in [0.4, 0.5) is 34.8 Å². The lowest BCUT2D eigenvalue weighted by molar-refractivity contribution is -0.136. The van der Waals surface area contributed by atoms with Crippen LogP contribution in [0.25, 0.3) is 16.7 Å². The maximum Gasteiger partial charge on any atom is 0.329 e. The topological polar surface area (TPSA) is 169 Å². The van der Waals surface area contributed by atoms with Crippen LogP contribution in [0.2, 0.25) is 0 Å². The number of hydrogen-bond acceptors (Lipinski definition) is 11. The molecule has 0 spiro atoms. The molecule has 17 nitrogen and oxygen atoms in total. The molecule has 5 aromatic rings. The van der Waals surface area contributed by atoms with E-state index in [2.05, 4.69) is 25.7 Å². The largest absolute Gasteiger partial charge is 0.374 e. The number of imidazole rings is 1. The number of fused-ring (bicyclic) bond motifs is 4. The van der Waals surface area contributed by atoms with Gasteiger partial charge in [0.1, 0.15) is 17.4 Å². The average molecular weight is 903 g/mol. The third-order valence-electron chi connectivity index (χ3n) is 14.9. The van der Waals surface area contributed by atoms with Gasteiger partial charge in [-0.25, -0.2) is 31.9 Å². The number of carbonyl (C=O) groups is 3. The standard InChI is InChI=1S/C44H50F4N12O5/c1-54-38-32(3-2-4-33(38)60(43(54)64)34-9-10-36(61)52-42(34)63)56-18-25(19-56)30-11-13-55(23-44(30,47)48)17-24-5-7-26(8-6-24)59-21-31(37(53-59)39(45)46)50-41(62)29-16-49-58-14-12-35(51-40(29)58)57-20-28-15-27(57)22-65-28/h2-4,12,14,16,21,24-28,30,34,39H,5-11,13,15,17-20,22-23H2,1H3,(H,50,62)(H,52,61,63)/t24-,26-,27-,28-,30?,34?/m1/s1. The van der Waals surface area contributed by atoms with E-state index >= 15 is 8.78 Å². The molecule has 0 radical (unpaired) electrons. The lowest BCUT2D eigenvalue weighted by Crippen LogP contribution is -2.59. The molecule has 1 aromatic carbocycles. The number of aromatic nitrogens is 7. The number of halogens is 4. The van der Waals surface area contributed by atoms with E-state index in [4.69, 9.17) is 9.72 Å². The van der Waals surface area contributed by atoms with Gasteiger partial charge in [-0.3, -0.25) is 38.4 Å². The number of likely N-dealkylation sites (tertiary alicyclic amines) is 1. The second-order valence-electron chi connectivity index (χ2n) is 18.8. The molecule has 11 rings (SSSR count). The number of rotatable bonds is 10. The number of ether oxygens (including phenoxy) is 1. The Kier molecular flexibility index (Phi) is 10.3. The second-order valence-corrected chi connectivity index (χ2v) is 18.8. The third kappa shape index (κ3) is 7.34. The van der Waals surface area contributed by atoms with Gasteiger partial charge in [-0.1, -0.05) is 6.07 Å². The van der Waals surface area contributed by atoms with Gasteiger partial charge in [-0.2, -0.15) is 10.2 Å². The number of carbonyl (C=O) groups excluding carboxylic acids is 3. The Hall–Kier alpha value is -5.83. The first-order valence-electron chi connectivity index (χ1n) is 22.6. The van der Waals surface area contributed by atoms with E-state index in [1.807, 2.05) is 21.9 Å². The first kappa shape index (κ1) is 41.8. The average Bonchev–Trinajstić information content (AvgIpc) is 4.11. The number of nitrogens with zero attached hydrogens (tertiary/aromatic N) is 10. The predicted molar refractivity (Wildman–Crippen MR) is 228 cm³/mol. The number of alkyl halides is 4. The van der Waals surface area contributed by atoms with Crippen LogP contribution in [0.5, 0.6) is 0 Å². The highest BCUT2D eigenvalue weighted by Crippen LogP contribution is 2.45. The van der Waals surface area contributed by atoms with Crippen LogP contribution < -0.4 is 26.1 Å². The van der Waals surface area contributed by atoms with Gasteiger partial charge in [-0.15, -0.1) is 0 Å². The Morgan fingerprint density at radius 3 is 2.57 bits per heavy atom. The molecule has 1 saturated carbocycles. The molecule has 65 heavy (non-hydrogen) atoms. The SMILES string of the molecule is Cn1c(=O)n(C2CCC(=O)NC2=O)c2cccc(N3CC(C4CCN(C[C@H]5CC[C@H](n6cc(NC(=O)c7cnn8ccc(N9C[C@H]%10C[C@@H]9CO%10)nc78)c(C(F)F)n6)CC5)CC4(F)F)C3)c21. The number of morpholine rings is 1. The van der Waals surface area contributed by atoms with Gasteiger partial charge in [0.25, 0.3) is 18.3 Å². The van der Waals surface area contributed by atoms with Crippen LogP contribution in [-0.4, -0.2) is 120 Å². The summed E-state index contributed by atoms with van der Waals surface area (Å²) in [5.74, 6) is -4.56. The first-order valence-corrected chi connectivity index (χ1v) is 22.6. The number of benzene rings is 1. The Morgan fingerprint density at radius 1 is 1.03 bits per heavy atom. The molecule has 6 aliphatic rings. The van der Waals surface area contributed by atoms with Crippen LogP contribution in [0.1, 0.15) is 85.9 Å². The van der Waals surface area contributed by atoms with Crippen molar-refractivity contribution in [2.75, 3.05) is 61.0 Å². The first-order chi connectivity index (χ1) is 31.3. The van der Waals surface area contributed by atoms with Crippen molar-refractivity contribution in [1.82, 2.24) is 43.7 Å². The Labute approximate surface area is 369 Å². The number of piperidine rings is 2. The molecule has 2 N–H and O–H groups in total. The molecule has 6 fully saturated rings.